The first-order valence-corrected chi connectivity index (χ1v) is 12.2. The number of carbonyl (C=O) groups excluding carboxylic acids is 2. The average Bonchev–Trinajstić information content (AvgIpc) is 2.76. The first kappa shape index (κ1) is 26.8. The Labute approximate surface area is 215 Å². The zero-order valence-electron chi connectivity index (χ0n) is 20.3. The number of ether oxygens (including phenoxy) is 1. The van der Waals surface area contributed by atoms with Crippen molar-refractivity contribution in [2.45, 2.75) is 52.2 Å². The van der Waals surface area contributed by atoms with E-state index in [1.54, 1.807) is 68.1 Å². The smallest absolute Gasteiger partial charge is 0.410 e. The second kappa shape index (κ2) is 10.9. The van der Waals surface area contributed by atoms with Crippen LogP contribution in [0.15, 0.2) is 42.5 Å². The first-order valence-electron chi connectivity index (χ1n) is 11.4. The lowest BCUT2D eigenvalue weighted by Gasteiger charge is -2.44. The van der Waals surface area contributed by atoms with Crippen molar-refractivity contribution in [3.05, 3.63) is 63.6 Å². The van der Waals surface area contributed by atoms with Crippen molar-refractivity contribution in [3.8, 4) is 0 Å². The SMILES string of the molecule is Cc1c(Cl)cccc1N(C(=O)c1ccc(Cl)cc1)[C@@H]1CCN(C(=O)OC(C)(C)C)C[C@@H]1CC(=O)O. The van der Waals surface area contributed by atoms with Gasteiger partial charge in [-0.05, 0) is 76.1 Å². The highest BCUT2D eigenvalue weighted by atomic mass is 35.5. The number of likely N-dealkylation sites (tertiary alicyclic amines) is 1. The standard InChI is InChI=1S/C26H30Cl2N2O5/c1-16-20(28)6-5-7-21(16)30(24(33)17-8-10-19(27)11-9-17)22-12-13-29(15-18(22)14-23(31)32)25(34)35-26(2,3)4/h5-11,18,22H,12-15H2,1-4H3,(H,31,32)/t18-,22+/m0/s1. The number of nitrogens with zero attached hydrogens (tertiary/aromatic N) is 2. The third-order valence-electron chi connectivity index (χ3n) is 5.92. The van der Waals surface area contributed by atoms with Gasteiger partial charge < -0.3 is 19.6 Å². The molecule has 1 aliphatic rings. The van der Waals surface area contributed by atoms with Crippen molar-refractivity contribution in [1.82, 2.24) is 4.90 Å². The van der Waals surface area contributed by atoms with Crippen LogP contribution in [0.3, 0.4) is 0 Å². The van der Waals surface area contributed by atoms with E-state index in [-0.39, 0.29) is 18.9 Å². The predicted octanol–water partition coefficient (Wildman–Crippen LogP) is 6.05. The number of hydrogen-bond donors (Lipinski definition) is 1. The minimum Gasteiger partial charge on any atom is -0.481 e. The van der Waals surface area contributed by atoms with Crippen molar-refractivity contribution in [3.63, 3.8) is 0 Å². The highest BCUT2D eigenvalue weighted by Gasteiger charge is 2.40. The summed E-state index contributed by atoms with van der Waals surface area (Å²) in [6.45, 7) is 7.62. The number of hydrogen-bond acceptors (Lipinski definition) is 4. The lowest BCUT2D eigenvalue weighted by atomic mass is 9.87. The Balaban J connectivity index is 2.02. The van der Waals surface area contributed by atoms with Crippen LogP contribution in [0.25, 0.3) is 0 Å². The van der Waals surface area contributed by atoms with E-state index in [0.29, 0.717) is 39.8 Å². The average molecular weight is 521 g/mol. The van der Waals surface area contributed by atoms with Gasteiger partial charge in [-0.1, -0.05) is 29.3 Å². The van der Waals surface area contributed by atoms with Gasteiger partial charge in [0.15, 0.2) is 0 Å². The van der Waals surface area contributed by atoms with E-state index < -0.39 is 29.6 Å². The van der Waals surface area contributed by atoms with Crippen LogP contribution in [0, 0.1) is 12.8 Å². The van der Waals surface area contributed by atoms with E-state index in [0.717, 1.165) is 0 Å². The summed E-state index contributed by atoms with van der Waals surface area (Å²) >= 11 is 12.4. The molecular formula is C26H30Cl2N2O5. The monoisotopic (exact) mass is 520 g/mol. The zero-order valence-corrected chi connectivity index (χ0v) is 21.8. The van der Waals surface area contributed by atoms with E-state index in [1.165, 1.54) is 4.90 Å². The second-order valence-electron chi connectivity index (χ2n) is 9.71. The van der Waals surface area contributed by atoms with E-state index >= 15 is 0 Å². The minimum absolute atomic E-state index is 0.149. The number of carbonyl (C=O) groups is 3. The number of benzene rings is 2. The molecule has 2 atom stereocenters. The number of anilines is 1. The third kappa shape index (κ3) is 6.67. The van der Waals surface area contributed by atoms with Gasteiger partial charge in [0.25, 0.3) is 5.91 Å². The molecule has 2 aromatic rings. The number of rotatable bonds is 5. The van der Waals surface area contributed by atoms with Crippen molar-refractivity contribution in [2.24, 2.45) is 5.92 Å². The van der Waals surface area contributed by atoms with E-state index in [9.17, 15) is 19.5 Å². The van der Waals surface area contributed by atoms with Gasteiger partial charge in [-0.3, -0.25) is 9.59 Å². The fourth-order valence-electron chi connectivity index (χ4n) is 4.30. The second-order valence-corrected chi connectivity index (χ2v) is 10.5. The van der Waals surface area contributed by atoms with Gasteiger partial charge in [-0.15, -0.1) is 0 Å². The highest BCUT2D eigenvalue weighted by Crippen LogP contribution is 2.35. The largest absolute Gasteiger partial charge is 0.481 e. The predicted molar refractivity (Wildman–Crippen MR) is 136 cm³/mol. The number of carboxylic acid groups (broad SMARTS) is 1. The van der Waals surface area contributed by atoms with E-state index in [2.05, 4.69) is 0 Å². The molecule has 0 aliphatic carbocycles. The van der Waals surface area contributed by atoms with Crippen molar-refractivity contribution in [1.29, 1.82) is 0 Å². The number of piperidine rings is 1. The maximum absolute atomic E-state index is 13.8. The molecule has 1 saturated heterocycles. The molecule has 0 spiro atoms. The Kier molecular flexibility index (Phi) is 8.34. The van der Waals surface area contributed by atoms with E-state index in [4.69, 9.17) is 27.9 Å². The maximum Gasteiger partial charge on any atom is 0.410 e. The Bertz CT molecular complexity index is 1100. The molecule has 0 aromatic heterocycles. The van der Waals surface area contributed by atoms with Gasteiger partial charge in [0.1, 0.15) is 5.60 Å². The van der Waals surface area contributed by atoms with Crippen LogP contribution in [-0.4, -0.2) is 52.7 Å². The Morgan fingerprint density at radius 2 is 1.77 bits per heavy atom. The summed E-state index contributed by atoms with van der Waals surface area (Å²) in [5.41, 5.74) is 1.05. The van der Waals surface area contributed by atoms with Gasteiger partial charge in [0.05, 0.1) is 6.42 Å². The molecule has 2 aromatic carbocycles. The van der Waals surface area contributed by atoms with Gasteiger partial charge in [0, 0.05) is 46.3 Å². The zero-order chi connectivity index (χ0) is 25.9. The quantitative estimate of drug-likeness (QED) is 0.518. The molecule has 3 rings (SSSR count). The molecule has 0 bridgehead atoms. The van der Waals surface area contributed by atoms with Crippen molar-refractivity contribution >= 4 is 46.9 Å². The molecule has 0 radical (unpaired) electrons. The number of aliphatic carboxylic acids is 1. The van der Waals surface area contributed by atoms with Crippen LogP contribution in [0.2, 0.25) is 10.0 Å². The molecule has 1 heterocycles. The van der Waals surface area contributed by atoms with E-state index in [1.807, 2.05) is 6.92 Å². The molecule has 35 heavy (non-hydrogen) atoms. The maximum atomic E-state index is 13.8. The lowest BCUT2D eigenvalue weighted by Crippen LogP contribution is -2.55. The molecule has 9 heteroatoms. The van der Waals surface area contributed by atoms with Gasteiger partial charge in [-0.2, -0.15) is 0 Å². The fraction of sp³-hybridized carbons (Fsp3) is 0.423. The summed E-state index contributed by atoms with van der Waals surface area (Å²) in [4.78, 5) is 41.5. The van der Waals surface area contributed by atoms with Gasteiger partial charge in [-0.25, -0.2) is 4.79 Å². The molecule has 2 amide bonds. The fourth-order valence-corrected chi connectivity index (χ4v) is 4.60. The molecule has 1 N–H and O–H groups in total. The molecule has 1 aliphatic heterocycles. The molecular weight excluding hydrogens is 491 g/mol. The third-order valence-corrected chi connectivity index (χ3v) is 6.58. The highest BCUT2D eigenvalue weighted by molar-refractivity contribution is 6.32. The summed E-state index contributed by atoms with van der Waals surface area (Å²) < 4.78 is 5.50. The molecule has 0 unspecified atom stereocenters. The van der Waals surface area contributed by atoms with Crippen LogP contribution in [-0.2, 0) is 9.53 Å². The minimum atomic E-state index is -1.01. The topological polar surface area (TPSA) is 87.2 Å². The van der Waals surface area contributed by atoms with Crippen LogP contribution in [0.1, 0.15) is 49.5 Å². The Morgan fingerprint density at radius 3 is 2.37 bits per heavy atom. The van der Waals surface area contributed by atoms with Crippen LogP contribution < -0.4 is 4.90 Å². The van der Waals surface area contributed by atoms with Crippen LogP contribution >= 0.6 is 23.2 Å². The molecule has 1 fully saturated rings. The van der Waals surface area contributed by atoms with Crippen LogP contribution in [0.5, 0.6) is 0 Å². The number of halogens is 2. The summed E-state index contributed by atoms with van der Waals surface area (Å²) in [5.74, 6) is -1.82. The number of carboxylic acids is 1. The first-order chi connectivity index (χ1) is 16.4. The van der Waals surface area contributed by atoms with Crippen molar-refractivity contribution in [2.75, 3.05) is 18.0 Å². The molecule has 0 saturated carbocycles. The van der Waals surface area contributed by atoms with Gasteiger partial charge >= 0.3 is 12.1 Å². The molecule has 7 nitrogen and oxygen atoms in total. The Hall–Kier alpha value is -2.77. The summed E-state index contributed by atoms with van der Waals surface area (Å²) in [6.07, 6.45) is -0.336. The summed E-state index contributed by atoms with van der Waals surface area (Å²) in [7, 11) is 0. The summed E-state index contributed by atoms with van der Waals surface area (Å²) in [5, 5.41) is 10.7. The molecule has 188 valence electrons. The van der Waals surface area contributed by atoms with Crippen LogP contribution in [0.4, 0.5) is 10.5 Å². The number of amides is 2. The Morgan fingerprint density at radius 1 is 1.11 bits per heavy atom. The van der Waals surface area contributed by atoms with Gasteiger partial charge in [0.2, 0.25) is 0 Å². The summed E-state index contributed by atoms with van der Waals surface area (Å²) in [6, 6.07) is 11.4. The lowest BCUT2D eigenvalue weighted by molar-refractivity contribution is -0.138. The normalized spacial score (nSPS) is 18.2. The van der Waals surface area contributed by atoms with Crippen molar-refractivity contribution < 1.29 is 24.2 Å².